The van der Waals surface area contributed by atoms with Gasteiger partial charge >= 0.3 is 6.18 Å². The molecule has 0 atom stereocenters. The highest BCUT2D eigenvalue weighted by Gasteiger charge is 2.31. The minimum atomic E-state index is -4.32. The molecule has 6 nitrogen and oxygen atoms in total. The number of hydrogen-bond donors (Lipinski definition) is 0. The van der Waals surface area contributed by atoms with E-state index in [-0.39, 0.29) is 5.56 Å². The highest BCUT2D eigenvalue weighted by Crippen LogP contribution is 2.31. The van der Waals surface area contributed by atoms with Crippen molar-refractivity contribution in [3.05, 3.63) is 64.2 Å². The number of benzene rings is 2. The van der Waals surface area contributed by atoms with Crippen LogP contribution in [0.1, 0.15) is 24.2 Å². The van der Waals surface area contributed by atoms with Crippen molar-refractivity contribution in [2.45, 2.75) is 25.9 Å². The van der Waals surface area contributed by atoms with Gasteiger partial charge in [-0.05, 0) is 62.7 Å². The van der Waals surface area contributed by atoms with Gasteiger partial charge in [-0.25, -0.2) is 4.98 Å². The molecule has 0 unspecified atom stereocenters. The smallest absolute Gasteiger partial charge is 0.416 e. The van der Waals surface area contributed by atoms with E-state index < -0.39 is 11.7 Å². The van der Waals surface area contributed by atoms with Crippen LogP contribution in [0, 0.1) is 6.92 Å². The SMILES string of the molecule is Cc1nc2ccc(OCCCCN3CCN(c4cccc(C(F)(F)F)c4)CC3)cc2c(=O)n1C. The molecule has 0 bridgehead atoms. The summed E-state index contributed by atoms with van der Waals surface area (Å²) < 4.78 is 46.3. The molecule has 0 radical (unpaired) electrons. The predicted molar refractivity (Wildman–Crippen MR) is 127 cm³/mol. The summed E-state index contributed by atoms with van der Waals surface area (Å²) >= 11 is 0. The number of aryl methyl sites for hydroxylation is 1. The number of rotatable bonds is 7. The summed E-state index contributed by atoms with van der Waals surface area (Å²) in [5.74, 6) is 1.33. The maximum Gasteiger partial charge on any atom is 0.416 e. The molecule has 0 N–H and O–H groups in total. The van der Waals surface area contributed by atoms with Crippen LogP contribution in [-0.4, -0.2) is 53.8 Å². The molecule has 3 aromatic rings. The van der Waals surface area contributed by atoms with Crippen LogP contribution in [-0.2, 0) is 13.2 Å². The first-order valence-electron chi connectivity index (χ1n) is 11.5. The maximum atomic E-state index is 13.0. The van der Waals surface area contributed by atoms with Gasteiger partial charge in [0.2, 0.25) is 0 Å². The summed E-state index contributed by atoms with van der Waals surface area (Å²) in [6.07, 6.45) is -2.49. The molecule has 0 amide bonds. The van der Waals surface area contributed by atoms with Crippen LogP contribution in [0.5, 0.6) is 5.75 Å². The summed E-state index contributed by atoms with van der Waals surface area (Å²) in [7, 11) is 1.71. The molecule has 1 aromatic heterocycles. The lowest BCUT2D eigenvalue weighted by atomic mass is 10.1. The fraction of sp³-hybridized carbons (Fsp3) is 0.440. The van der Waals surface area contributed by atoms with Gasteiger partial charge in [0.05, 0.1) is 23.1 Å². The van der Waals surface area contributed by atoms with E-state index in [2.05, 4.69) is 9.88 Å². The minimum Gasteiger partial charge on any atom is -0.494 e. The molecule has 182 valence electrons. The minimum absolute atomic E-state index is 0.0859. The van der Waals surface area contributed by atoms with Gasteiger partial charge in [0.25, 0.3) is 5.56 Å². The largest absolute Gasteiger partial charge is 0.494 e. The van der Waals surface area contributed by atoms with Crippen LogP contribution in [0.3, 0.4) is 0 Å². The van der Waals surface area contributed by atoms with Crippen molar-refractivity contribution in [3.63, 3.8) is 0 Å². The van der Waals surface area contributed by atoms with E-state index in [9.17, 15) is 18.0 Å². The van der Waals surface area contributed by atoms with Crippen LogP contribution in [0.15, 0.2) is 47.3 Å². The van der Waals surface area contributed by atoms with Gasteiger partial charge in [-0.2, -0.15) is 13.2 Å². The summed E-state index contributed by atoms with van der Waals surface area (Å²) in [5.41, 5.74) is 0.596. The highest BCUT2D eigenvalue weighted by atomic mass is 19.4. The van der Waals surface area contributed by atoms with Crippen molar-refractivity contribution in [3.8, 4) is 5.75 Å². The lowest BCUT2D eigenvalue weighted by Gasteiger charge is -2.36. The standard InChI is InChI=1S/C25H29F3N4O2/c1-18-29-23-9-8-21(17-22(23)24(33)30(18)2)34-15-4-3-10-31-11-13-32(14-12-31)20-7-5-6-19(16-20)25(26,27)28/h5-9,16-17H,3-4,10-15H2,1-2H3. The number of aromatic nitrogens is 2. The Morgan fingerprint density at radius 2 is 1.79 bits per heavy atom. The number of piperazine rings is 1. The number of unbranched alkanes of at least 4 members (excludes halogenated alkanes) is 1. The molecule has 2 heterocycles. The van der Waals surface area contributed by atoms with Gasteiger partial charge in [0.15, 0.2) is 0 Å². The fourth-order valence-corrected chi connectivity index (χ4v) is 4.19. The molecule has 4 rings (SSSR count). The number of halogens is 3. The molecular weight excluding hydrogens is 445 g/mol. The highest BCUT2D eigenvalue weighted by molar-refractivity contribution is 5.79. The van der Waals surface area contributed by atoms with Crippen molar-refractivity contribution in [1.29, 1.82) is 0 Å². The van der Waals surface area contributed by atoms with Crippen LogP contribution in [0.4, 0.5) is 18.9 Å². The van der Waals surface area contributed by atoms with Gasteiger partial charge in [0, 0.05) is 38.9 Å². The summed E-state index contributed by atoms with van der Waals surface area (Å²) in [6.45, 7) is 6.32. The molecule has 1 fully saturated rings. The van der Waals surface area contributed by atoms with Crippen LogP contribution in [0.2, 0.25) is 0 Å². The Kier molecular flexibility index (Phi) is 7.11. The van der Waals surface area contributed by atoms with Gasteiger partial charge in [-0.1, -0.05) is 6.07 Å². The molecule has 0 aliphatic carbocycles. The Morgan fingerprint density at radius 3 is 2.53 bits per heavy atom. The number of hydrogen-bond acceptors (Lipinski definition) is 5. The van der Waals surface area contributed by atoms with Gasteiger partial charge in [-0.3, -0.25) is 14.3 Å². The average Bonchev–Trinajstić information content (AvgIpc) is 2.83. The fourth-order valence-electron chi connectivity index (χ4n) is 4.19. The molecular formula is C25H29F3N4O2. The topological polar surface area (TPSA) is 50.6 Å². The molecule has 1 aliphatic rings. The number of nitrogens with zero attached hydrogens (tertiary/aromatic N) is 4. The number of alkyl halides is 3. The predicted octanol–water partition coefficient (Wildman–Crippen LogP) is 4.24. The number of anilines is 1. The first-order chi connectivity index (χ1) is 16.2. The van der Waals surface area contributed by atoms with E-state index in [1.807, 2.05) is 17.0 Å². The zero-order valence-corrected chi connectivity index (χ0v) is 19.4. The molecule has 9 heteroatoms. The average molecular weight is 475 g/mol. The quantitative estimate of drug-likeness (QED) is 0.480. The number of fused-ring (bicyclic) bond motifs is 1. The van der Waals surface area contributed by atoms with Crippen molar-refractivity contribution in [2.24, 2.45) is 7.05 Å². The van der Waals surface area contributed by atoms with Crippen LogP contribution in [0.25, 0.3) is 10.9 Å². The van der Waals surface area contributed by atoms with Crippen molar-refractivity contribution >= 4 is 16.6 Å². The van der Waals surface area contributed by atoms with Crippen molar-refractivity contribution in [1.82, 2.24) is 14.5 Å². The Morgan fingerprint density at radius 1 is 1.03 bits per heavy atom. The molecule has 2 aromatic carbocycles. The second-order valence-corrected chi connectivity index (χ2v) is 8.63. The van der Waals surface area contributed by atoms with E-state index >= 15 is 0 Å². The van der Waals surface area contributed by atoms with Crippen molar-refractivity contribution in [2.75, 3.05) is 44.2 Å². The first-order valence-corrected chi connectivity index (χ1v) is 11.5. The lowest BCUT2D eigenvalue weighted by Crippen LogP contribution is -2.46. The molecule has 0 saturated carbocycles. The third-order valence-corrected chi connectivity index (χ3v) is 6.32. The summed E-state index contributed by atoms with van der Waals surface area (Å²) in [6, 6.07) is 10.9. The molecule has 34 heavy (non-hydrogen) atoms. The van der Waals surface area contributed by atoms with E-state index in [1.165, 1.54) is 16.7 Å². The van der Waals surface area contributed by atoms with Gasteiger partial charge in [0.1, 0.15) is 11.6 Å². The normalized spacial score (nSPS) is 15.1. The Bertz CT molecular complexity index is 1200. The second-order valence-electron chi connectivity index (χ2n) is 8.63. The third-order valence-electron chi connectivity index (χ3n) is 6.32. The Hall–Kier alpha value is -3.07. The Balaban J connectivity index is 1.20. The summed E-state index contributed by atoms with van der Waals surface area (Å²) in [5, 5.41) is 0.546. The van der Waals surface area contributed by atoms with E-state index in [1.54, 1.807) is 26.1 Å². The van der Waals surface area contributed by atoms with E-state index in [4.69, 9.17) is 4.74 Å². The maximum absolute atomic E-state index is 13.0. The van der Waals surface area contributed by atoms with E-state index in [0.29, 0.717) is 47.9 Å². The lowest BCUT2D eigenvalue weighted by molar-refractivity contribution is -0.137. The molecule has 1 aliphatic heterocycles. The second kappa shape index (κ2) is 10.0. The Labute approximate surface area is 196 Å². The van der Waals surface area contributed by atoms with Gasteiger partial charge < -0.3 is 9.64 Å². The van der Waals surface area contributed by atoms with Gasteiger partial charge in [-0.15, -0.1) is 0 Å². The molecule has 1 saturated heterocycles. The monoisotopic (exact) mass is 474 g/mol. The molecule has 0 spiro atoms. The first kappa shape index (κ1) is 24.1. The number of ether oxygens (including phenoxy) is 1. The van der Waals surface area contributed by atoms with Crippen LogP contribution >= 0.6 is 0 Å². The van der Waals surface area contributed by atoms with E-state index in [0.717, 1.165) is 38.5 Å². The zero-order chi connectivity index (χ0) is 24.3. The zero-order valence-electron chi connectivity index (χ0n) is 19.4. The summed E-state index contributed by atoms with van der Waals surface area (Å²) in [4.78, 5) is 21.2. The van der Waals surface area contributed by atoms with Crippen molar-refractivity contribution < 1.29 is 17.9 Å². The van der Waals surface area contributed by atoms with Crippen LogP contribution < -0.4 is 15.2 Å². The third kappa shape index (κ3) is 5.52.